The van der Waals surface area contributed by atoms with Crippen molar-refractivity contribution in [2.75, 3.05) is 26.2 Å². The lowest BCUT2D eigenvalue weighted by molar-refractivity contribution is -0.133. The number of urea groups is 1. The van der Waals surface area contributed by atoms with Crippen molar-refractivity contribution in [1.82, 2.24) is 19.7 Å². The predicted octanol–water partition coefficient (Wildman–Crippen LogP) is 2.23. The number of carbonyl (C=O) groups excluding carboxylic acids is 2. The summed E-state index contributed by atoms with van der Waals surface area (Å²) in [5.41, 5.74) is 1.07. The Morgan fingerprint density at radius 3 is 2.58 bits per heavy atom. The third-order valence-electron chi connectivity index (χ3n) is 3.63. The van der Waals surface area contributed by atoms with Gasteiger partial charge in [0, 0.05) is 38.6 Å². The molecule has 1 aromatic rings. The molecule has 3 amide bonds. The molecule has 1 heterocycles. The maximum absolute atomic E-state index is 12.8. The van der Waals surface area contributed by atoms with Gasteiger partial charge < -0.3 is 19.7 Å². The third-order valence-corrected chi connectivity index (χ3v) is 3.63. The van der Waals surface area contributed by atoms with Gasteiger partial charge in [0.25, 0.3) is 0 Å². The second-order valence-electron chi connectivity index (χ2n) is 6.28. The van der Waals surface area contributed by atoms with Crippen molar-refractivity contribution in [2.45, 2.75) is 27.3 Å². The van der Waals surface area contributed by atoms with Crippen LogP contribution in [0.15, 0.2) is 31.0 Å². The van der Waals surface area contributed by atoms with Gasteiger partial charge in [0.15, 0.2) is 0 Å². The summed E-state index contributed by atoms with van der Waals surface area (Å²) in [6, 6.07) is 3.73. The fourth-order valence-corrected chi connectivity index (χ4v) is 2.45. The highest BCUT2D eigenvalue weighted by atomic mass is 16.2. The highest BCUT2D eigenvalue weighted by Crippen LogP contribution is 2.09. The van der Waals surface area contributed by atoms with Crippen LogP contribution in [0.3, 0.4) is 0 Å². The van der Waals surface area contributed by atoms with E-state index >= 15 is 0 Å². The van der Waals surface area contributed by atoms with E-state index < -0.39 is 0 Å². The molecule has 1 rings (SSSR count). The molecule has 0 saturated heterocycles. The molecule has 0 aliphatic heterocycles. The van der Waals surface area contributed by atoms with Crippen molar-refractivity contribution < 1.29 is 9.59 Å². The second-order valence-corrected chi connectivity index (χ2v) is 6.28. The van der Waals surface area contributed by atoms with Crippen molar-refractivity contribution in [1.29, 1.82) is 0 Å². The first-order chi connectivity index (χ1) is 11.4. The maximum atomic E-state index is 12.8. The number of nitrogens with zero attached hydrogens (tertiary/aromatic N) is 3. The Morgan fingerprint density at radius 2 is 2.08 bits per heavy atom. The Hall–Kier alpha value is -2.24. The number of nitrogens with one attached hydrogen (secondary N) is 1. The molecule has 134 valence electrons. The molecule has 1 N–H and O–H groups in total. The SMILES string of the molecule is C=CCN(CC(=O)N(Cc1cccn1C)CC(C)C)C(=O)NCC. The smallest absolute Gasteiger partial charge is 0.318 e. The van der Waals surface area contributed by atoms with Gasteiger partial charge in [-0.3, -0.25) is 4.79 Å². The van der Waals surface area contributed by atoms with Crippen molar-refractivity contribution in [3.8, 4) is 0 Å². The van der Waals surface area contributed by atoms with E-state index in [0.717, 1.165) is 5.69 Å². The maximum Gasteiger partial charge on any atom is 0.318 e. The number of amides is 3. The first-order valence-corrected chi connectivity index (χ1v) is 8.40. The molecular weight excluding hydrogens is 304 g/mol. The van der Waals surface area contributed by atoms with E-state index in [9.17, 15) is 9.59 Å². The fourth-order valence-electron chi connectivity index (χ4n) is 2.45. The minimum Gasteiger partial charge on any atom is -0.353 e. The minimum atomic E-state index is -0.242. The van der Waals surface area contributed by atoms with Crippen LogP contribution in [0.4, 0.5) is 4.79 Å². The van der Waals surface area contributed by atoms with Gasteiger partial charge in [0.2, 0.25) is 5.91 Å². The van der Waals surface area contributed by atoms with Gasteiger partial charge in [-0.15, -0.1) is 6.58 Å². The molecule has 0 aliphatic rings. The lowest BCUT2D eigenvalue weighted by Crippen LogP contribution is -2.47. The molecular formula is C18H30N4O2. The number of carbonyl (C=O) groups is 2. The van der Waals surface area contributed by atoms with Gasteiger partial charge in [-0.1, -0.05) is 19.9 Å². The minimum absolute atomic E-state index is 0.0506. The molecule has 0 spiro atoms. The summed E-state index contributed by atoms with van der Waals surface area (Å²) < 4.78 is 2.01. The first-order valence-electron chi connectivity index (χ1n) is 8.40. The number of aromatic nitrogens is 1. The van der Waals surface area contributed by atoms with Gasteiger partial charge in [0.05, 0.1) is 6.54 Å². The van der Waals surface area contributed by atoms with Crippen LogP contribution in [0.25, 0.3) is 0 Å². The number of rotatable bonds is 9. The zero-order chi connectivity index (χ0) is 18.1. The monoisotopic (exact) mass is 334 g/mol. The summed E-state index contributed by atoms with van der Waals surface area (Å²) >= 11 is 0. The molecule has 0 aromatic carbocycles. The molecule has 0 fully saturated rings. The van der Waals surface area contributed by atoms with Gasteiger partial charge in [-0.05, 0) is 25.0 Å². The Labute approximate surface area is 145 Å². The van der Waals surface area contributed by atoms with E-state index in [1.165, 1.54) is 4.90 Å². The Balaban J connectivity index is 2.83. The average Bonchev–Trinajstić information content (AvgIpc) is 2.91. The summed E-state index contributed by atoms with van der Waals surface area (Å²) in [7, 11) is 1.96. The largest absolute Gasteiger partial charge is 0.353 e. The molecule has 6 nitrogen and oxygen atoms in total. The third kappa shape index (κ3) is 6.10. The van der Waals surface area contributed by atoms with E-state index in [1.54, 1.807) is 6.08 Å². The van der Waals surface area contributed by atoms with Gasteiger partial charge in [-0.25, -0.2) is 4.79 Å². The zero-order valence-corrected chi connectivity index (χ0v) is 15.3. The van der Waals surface area contributed by atoms with E-state index in [2.05, 4.69) is 25.7 Å². The van der Waals surface area contributed by atoms with Crippen molar-refractivity contribution in [3.63, 3.8) is 0 Å². The topological polar surface area (TPSA) is 57.6 Å². The summed E-state index contributed by atoms with van der Waals surface area (Å²) in [4.78, 5) is 28.1. The summed E-state index contributed by atoms with van der Waals surface area (Å²) in [6.07, 6.45) is 3.60. The van der Waals surface area contributed by atoms with Gasteiger partial charge >= 0.3 is 6.03 Å². The Morgan fingerprint density at radius 1 is 1.38 bits per heavy atom. The van der Waals surface area contributed by atoms with Crippen LogP contribution >= 0.6 is 0 Å². The zero-order valence-electron chi connectivity index (χ0n) is 15.3. The summed E-state index contributed by atoms with van der Waals surface area (Å²) in [5, 5.41) is 2.73. The van der Waals surface area contributed by atoms with Crippen molar-refractivity contribution in [2.24, 2.45) is 13.0 Å². The highest BCUT2D eigenvalue weighted by molar-refractivity contribution is 5.84. The average molecular weight is 334 g/mol. The van der Waals surface area contributed by atoms with Crippen LogP contribution in [0.1, 0.15) is 26.5 Å². The van der Waals surface area contributed by atoms with E-state index in [-0.39, 0.29) is 18.5 Å². The molecule has 0 saturated carbocycles. The fraction of sp³-hybridized carbons (Fsp3) is 0.556. The summed E-state index contributed by atoms with van der Waals surface area (Å²) in [6.45, 7) is 11.8. The lowest BCUT2D eigenvalue weighted by atomic mass is 10.2. The van der Waals surface area contributed by atoms with E-state index in [4.69, 9.17) is 0 Å². The molecule has 0 unspecified atom stereocenters. The molecule has 0 bridgehead atoms. The predicted molar refractivity (Wildman–Crippen MR) is 96.5 cm³/mol. The summed E-state index contributed by atoms with van der Waals surface area (Å²) in [5.74, 6) is 0.296. The van der Waals surface area contributed by atoms with Crippen LogP contribution in [-0.2, 0) is 18.4 Å². The standard InChI is InChI=1S/C18H30N4O2/c1-6-10-21(18(24)19-7-2)14-17(23)22(12-15(3)4)13-16-9-8-11-20(16)5/h6,8-9,11,15H,1,7,10,12-14H2,2-5H3,(H,19,24). The van der Waals surface area contributed by atoms with Crippen LogP contribution in [0.2, 0.25) is 0 Å². The molecule has 0 aliphatic carbocycles. The molecule has 0 radical (unpaired) electrons. The number of aryl methyl sites for hydroxylation is 1. The van der Waals surface area contributed by atoms with Gasteiger partial charge in [0.1, 0.15) is 6.54 Å². The second kappa shape index (κ2) is 9.80. The van der Waals surface area contributed by atoms with Crippen molar-refractivity contribution >= 4 is 11.9 Å². The van der Waals surface area contributed by atoms with Crippen LogP contribution < -0.4 is 5.32 Å². The Bertz CT molecular complexity index is 551. The van der Waals surface area contributed by atoms with E-state index in [1.807, 2.05) is 41.8 Å². The normalized spacial score (nSPS) is 10.5. The van der Waals surface area contributed by atoms with Crippen LogP contribution in [-0.4, -0.2) is 52.5 Å². The molecule has 0 atom stereocenters. The Kier molecular flexibility index (Phi) is 8.09. The highest BCUT2D eigenvalue weighted by Gasteiger charge is 2.21. The lowest BCUT2D eigenvalue weighted by Gasteiger charge is -2.28. The molecule has 6 heteroatoms. The van der Waals surface area contributed by atoms with E-state index in [0.29, 0.717) is 32.1 Å². The number of hydrogen-bond donors (Lipinski definition) is 1. The van der Waals surface area contributed by atoms with Crippen LogP contribution in [0.5, 0.6) is 0 Å². The number of hydrogen-bond acceptors (Lipinski definition) is 2. The molecule has 24 heavy (non-hydrogen) atoms. The van der Waals surface area contributed by atoms with Crippen molar-refractivity contribution in [3.05, 3.63) is 36.7 Å². The first kappa shape index (κ1) is 19.8. The quantitative estimate of drug-likeness (QED) is 0.704. The van der Waals surface area contributed by atoms with Crippen LogP contribution in [0, 0.1) is 5.92 Å². The molecule has 1 aromatic heterocycles. The van der Waals surface area contributed by atoms with Gasteiger partial charge in [-0.2, -0.15) is 0 Å².